The predicted octanol–water partition coefficient (Wildman–Crippen LogP) is 1.64. The molecule has 0 aromatic rings. The number of amides is 1. The first kappa shape index (κ1) is 15.8. The van der Waals surface area contributed by atoms with E-state index in [0.717, 1.165) is 71.5 Å². The number of rotatable bonds is 3. The van der Waals surface area contributed by atoms with Gasteiger partial charge in [-0.3, -0.25) is 9.69 Å². The van der Waals surface area contributed by atoms with Gasteiger partial charge in [-0.25, -0.2) is 0 Å². The van der Waals surface area contributed by atoms with Crippen molar-refractivity contribution in [2.75, 3.05) is 39.4 Å². The fraction of sp³-hybridized carbons (Fsp3) is 0.882. The largest absolute Gasteiger partial charge is 0.379 e. The SMILES string of the molecule is CCC1CN(C(=O)C2(C#N)CCCC2)CC1N1CCOCC1. The molecule has 3 rings (SSSR count). The number of nitriles is 1. The molecule has 1 amide bonds. The standard InChI is InChI=1S/C17H27N3O2/c1-2-14-11-20(12-15(14)19-7-9-22-10-8-19)16(21)17(13-18)5-3-4-6-17/h14-15H,2-12H2,1H3. The smallest absolute Gasteiger partial charge is 0.243 e. The Morgan fingerprint density at radius 1 is 1.27 bits per heavy atom. The lowest BCUT2D eigenvalue weighted by atomic mass is 9.86. The quantitative estimate of drug-likeness (QED) is 0.795. The normalized spacial score (nSPS) is 32.1. The molecular weight excluding hydrogens is 278 g/mol. The van der Waals surface area contributed by atoms with E-state index in [1.807, 2.05) is 4.90 Å². The molecular formula is C17H27N3O2. The Morgan fingerprint density at radius 2 is 1.95 bits per heavy atom. The van der Waals surface area contributed by atoms with Crippen molar-refractivity contribution in [2.24, 2.45) is 11.3 Å². The van der Waals surface area contributed by atoms with Crippen LogP contribution in [0.3, 0.4) is 0 Å². The molecule has 0 spiro atoms. The summed E-state index contributed by atoms with van der Waals surface area (Å²) in [6, 6.07) is 2.80. The Balaban J connectivity index is 1.70. The van der Waals surface area contributed by atoms with Crippen molar-refractivity contribution in [1.82, 2.24) is 9.80 Å². The summed E-state index contributed by atoms with van der Waals surface area (Å²) in [7, 11) is 0. The Bertz CT molecular complexity index is 447. The van der Waals surface area contributed by atoms with Crippen LogP contribution in [0.5, 0.6) is 0 Å². The van der Waals surface area contributed by atoms with Crippen LogP contribution in [0, 0.1) is 22.7 Å². The molecule has 3 aliphatic rings. The molecule has 2 aliphatic heterocycles. The van der Waals surface area contributed by atoms with Crippen molar-refractivity contribution < 1.29 is 9.53 Å². The summed E-state index contributed by atoms with van der Waals surface area (Å²) in [6.45, 7) is 7.34. The first-order valence-corrected chi connectivity index (χ1v) is 8.72. The van der Waals surface area contributed by atoms with Crippen molar-refractivity contribution in [3.05, 3.63) is 0 Å². The average molecular weight is 305 g/mol. The summed E-state index contributed by atoms with van der Waals surface area (Å²) in [6.07, 6.45) is 4.61. The highest BCUT2D eigenvalue weighted by molar-refractivity contribution is 5.86. The van der Waals surface area contributed by atoms with Crippen LogP contribution >= 0.6 is 0 Å². The molecule has 0 N–H and O–H groups in total. The third kappa shape index (κ3) is 2.75. The minimum absolute atomic E-state index is 0.0988. The second-order valence-electron chi connectivity index (χ2n) is 7.00. The zero-order chi connectivity index (χ0) is 15.6. The van der Waals surface area contributed by atoms with Gasteiger partial charge < -0.3 is 9.64 Å². The average Bonchev–Trinajstić information content (AvgIpc) is 3.22. The Hall–Kier alpha value is -1.12. The van der Waals surface area contributed by atoms with Gasteiger partial charge in [0.1, 0.15) is 5.41 Å². The molecule has 5 nitrogen and oxygen atoms in total. The van der Waals surface area contributed by atoms with Crippen molar-refractivity contribution >= 4 is 5.91 Å². The van der Waals surface area contributed by atoms with Gasteiger partial charge in [-0.2, -0.15) is 5.26 Å². The van der Waals surface area contributed by atoms with Gasteiger partial charge in [0.05, 0.1) is 19.3 Å². The van der Waals surface area contributed by atoms with Gasteiger partial charge in [-0.1, -0.05) is 26.2 Å². The van der Waals surface area contributed by atoms with Crippen LogP contribution in [0.4, 0.5) is 0 Å². The topological polar surface area (TPSA) is 56.6 Å². The second kappa shape index (κ2) is 6.55. The summed E-state index contributed by atoms with van der Waals surface area (Å²) in [5.41, 5.74) is -0.724. The van der Waals surface area contributed by atoms with Gasteiger partial charge >= 0.3 is 0 Å². The number of hydrogen-bond donors (Lipinski definition) is 0. The highest BCUT2D eigenvalue weighted by Gasteiger charge is 2.47. The number of carbonyl (C=O) groups excluding carboxylic acids is 1. The van der Waals surface area contributed by atoms with E-state index in [1.54, 1.807) is 0 Å². The van der Waals surface area contributed by atoms with Crippen molar-refractivity contribution in [3.63, 3.8) is 0 Å². The third-order valence-corrected chi connectivity index (χ3v) is 5.81. The highest BCUT2D eigenvalue weighted by Crippen LogP contribution is 2.40. The van der Waals surface area contributed by atoms with Crippen LogP contribution in [0.25, 0.3) is 0 Å². The lowest BCUT2D eigenvalue weighted by Gasteiger charge is -2.34. The van der Waals surface area contributed by atoms with Gasteiger partial charge in [0.15, 0.2) is 0 Å². The lowest BCUT2D eigenvalue weighted by Crippen LogP contribution is -2.48. The summed E-state index contributed by atoms with van der Waals surface area (Å²) >= 11 is 0. The first-order valence-electron chi connectivity index (χ1n) is 8.72. The minimum atomic E-state index is -0.724. The zero-order valence-electron chi connectivity index (χ0n) is 13.6. The molecule has 2 saturated heterocycles. The predicted molar refractivity (Wildman–Crippen MR) is 83.1 cm³/mol. The lowest BCUT2D eigenvalue weighted by molar-refractivity contribution is -0.138. The summed E-state index contributed by atoms with van der Waals surface area (Å²) in [5, 5.41) is 9.56. The molecule has 2 heterocycles. The van der Waals surface area contributed by atoms with E-state index in [0.29, 0.717) is 12.0 Å². The van der Waals surface area contributed by atoms with Crippen LogP contribution in [0.2, 0.25) is 0 Å². The van der Waals surface area contributed by atoms with E-state index in [1.165, 1.54) is 0 Å². The molecule has 2 atom stereocenters. The molecule has 1 aliphatic carbocycles. The minimum Gasteiger partial charge on any atom is -0.379 e. The van der Waals surface area contributed by atoms with Crippen LogP contribution in [0.15, 0.2) is 0 Å². The van der Waals surface area contributed by atoms with Crippen LogP contribution in [-0.4, -0.2) is 61.1 Å². The Labute approximate surface area is 133 Å². The molecule has 0 bridgehead atoms. The van der Waals surface area contributed by atoms with Crippen LogP contribution in [0.1, 0.15) is 39.0 Å². The molecule has 22 heavy (non-hydrogen) atoms. The molecule has 2 unspecified atom stereocenters. The monoisotopic (exact) mass is 305 g/mol. The van der Waals surface area contributed by atoms with Gasteiger partial charge in [0.2, 0.25) is 5.91 Å². The first-order chi connectivity index (χ1) is 10.7. The van der Waals surface area contributed by atoms with Gasteiger partial charge in [-0.05, 0) is 18.8 Å². The fourth-order valence-electron chi connectivity index (χ4n) is 4.40. The van der Waals surface area contributed by atoms with Crippen molar-refractivity contribution in [2.45, 2.75) is 45.1 Å². The third-order valence-electron chi connectivity index (χ3n) is 5.81. The maximum absolute atomic E-state index is 13.0. The van der Waals surface area contributed by atoms with E-state index >= 15 is 0 Å². The zero-order valence-corrected chi connectivity index (χ0v) is 13.6. The van der Waals surface area contributed by atoms with E-state index in [9.17, 15) is 10.1 Å². The Kier molecular flexibility index (Phi) is 4.70. The molecule has 0 aromatic heterocycles. The number of morpholine rings is 1. The molecule has 122 valence electrons. The molecule has 0 radical (unpaired) electrons. The van der Waals surface area contributed by atoms with Crippen LogP contribution in [-0.2, 0) is 9.53 Å². The molecule has 0 aromatic carbocycles. The maximum Gasteiger partial charge on any atom is 0.243 e. The van der Waals surface area contributed by atoms with E-state index in [2.05, 4.69) is 17.9 Å². The van der Waals surface area contributed by atoms with Crippen molar-refractivity contribution in [3.8, 4) is 6.07 Å². The fourth-order valence-corrected chi connectivity index (χ4v) is 4.40. The van der Waals surface area contributed by atoms with Crippen LogP contribution < -0.4 is 0 Å². The van der Waals surface area contributed by atoms with E-state index in [4.69, 9.17) is 4.74 Å². The number of ether oxygens (including phenoxy) is 1. The molecule has 5 heteroatoms. The highest BCUT2D eigenvalue weighted by atomic mass is 16.5. The summed E-state index contributed by atoms with van der Waals surface area (Å²) in [5.74, 6) is 0.626. The van der Waals surface area contributed by atoms with Gasteiger partial charge in [0.25, 0.3) is 0 Å². The number of carbonyl (C=O) groups is 1. The summed E-state index contributed by atoms with van der Waals surface area (Å²) < 4.78 is 5.45. The van der Waals surface area contributed by atoms with Gasteiger partial charge in [-0.15, -0.1) is 0 Å². The number of likely N-dealkylation sites (tertiary alicyclic amines) is 1. The van der Waals surface area contributed by atoms with Crippen molar-refractivity contribution in [1.29, 1.82) is 5.26 Å². The number of hydrogen-bond acceptors (Lipinski definition) is 4. The number of nitrogens with zero attached hydrogens (tertiary/aromatic N) is 3. The Morgan fingerprint density at radius 3 is 2.55 bits per heavy atom. The summed E-state index contributed by atoms with van der Waals surface area (Å²) in [4.78, 5) is 17.4. The van der Waals surface area contributed by atoms with Gasteiger partial charge in [0, 0.05) is 32.2 Å². The maximum atomic E-state index is 13.0. The molecule has 3 fully saturated rings. The second-order valence-corrected chi connectivity index (χ2v) is 7.00. The molecule has 1 saturated carbocycles. The van der Waals surface area contributed by atoms with E-state index < -0.39 is 5.41 Å². The van der Waals surface area contributed by atoms with E-state index in [-0.39, 0.29) is 5.91 Å².